The number of aromatic nitrogens is 2. The number of unbranched alkanes of at least 4 members (excludes halogenated alkanes) is 1. The van der Waals surface area contributed by atoms with Crippen LogP contribution in [0, 0.1) is 0 Å². The number of amides is 2. The number of aliphatic carboxylic acids is 1. The van der Waals surface area contributed by atoms with Crippen molar-refractivity contribution in [1.29, 1.82) is 0 Å². The summed E-state index contributed by atoms with van der Waals surface area (Å²) >= 11 is 0. The molecule has 9 nitrogen and oxygen atoms in total. The molecule has 0 aromatic carbocycles. The van der Waals surface area contributed by atoms with Crippen molar-refractivity contribution in [2.75, 3.05) is 6.54 Å². The molecule has 1 aromatic heterocycles. The molecule has 1 fully saturated rings. The molecule has 26 heavy (non-hydrogen) atoms. The van der Waals surface area contributed by atoms with Crippen molar-refractivity contribution >= 4 is 17.8 Å². The summed E-state index contributed by atoms with van der Waals surface area (Å²) in [5.74, 6) is -2.00. The zero-order chi connectivity index (χ0) is 19.1. The molecule has 142 valence electrons. The van der Waals surface area contributed by atoms with E-state index in [1.165, 1.54) is 17.0 Å². The molecule has 3 N–H and O–H groups in total. The van der Waals surface area contributed by atoms with Gasteiger partial charge in [0.05, 0.1) is 0 Å². The van der Waals surface area contributed by atoms with Crippen LogP contribution in [0.4, 0.5) is 0 Å². The van der Waals surface area contributed by atoms with Gasteiger partial charge in [-0.1, -0.05) is 19.8 Å². The van der Waals surface area contributed by atoms with Gasteiger partial charge in [0.2, 0.25) is 5.91 Å². The van der Waals surface area contributed by atoms with Crippen LogP contribution in [0.15, 0.2) is 16.9 Å². The fourth-order valence-electron chi connectivity index (χ4n) is 2.99. The summed E-state index contributed by atoms with van der Waals surface area (Å²) in [7, 11) is 0. The van der Waals surface area contributed by atoms with Crippen LogP contribution in [0.3, 0.4) is 0 Å². The minimum atomic E-state index is -1.08. The monoisotopic (exact) mass is 364 g/mol. The standard InChI is InChI=1S/C17H24N4O5/c1-2-3-6-12(17(25)26)18-15(23)13-7-4-5-10-21(13)16(24)11-8-9-14(22)20-19-11/h8-9,12-13H,2-7,10H2,1H3,(H,18,23)(H,20,22)(H,25,26). The van der Waals surface area contributed by atoms with E-state index in [1.807, 2.05) is 6.92 Å². The molecule has 0 radical (unpaired) electrons. The van der Waals surface area contributed by atoms with E-state index in [0.717, 1.165) is 19.3 Å². The van der Waals surface area contributed by atoms with Crippen molar-refractivity contribution in [1.82, 2.24) is 20.4 Å². The van der Waals surface area contributed by atoms with Crippen LogP contribution >= 0.6 is 0 Å². The van der Waals surface area contributed by atoms with E-state index in [4.69, 9.17) is 0 Å². The third-order valence-electron chi connectivity index (χ3n) is 4.43. The first-order valence-electron chi connectivity index (χ1n) is 8.84. The van der Waals surface area contributed by atoms with Crippen molar-refractivity contribution in [3.8, 4) is 0 Å². The van der Waals surface area contributed by atoms with Gasteiger partial charge in [-0.15, -0.1) is 0 Å². The average Bonchev–Trinajstić information content (AvgIpc) is 2.64. The number of H-pyrrole nitrogens is 1. The zero-order valence-electron chi connectivity index (χ0n) is 14.7. The van der Waals surface area contributed by atoms with Gasteiger partial charge < -0.3 is 15.3 Å². The Labute approximate surface area is 150 Å². The highest BCUT2D eigenvalue weighted by molar-refractivity contribution is 5.96. The van der Waals surface area contributed by atoms with Crippen LogP contribution in [0.5, 0.6) is 0 Å². The van der Waals surface area contributed by atoms with Crippen LogP contribution in [-0.4, -0.2) is 56.6 Å². The highest BCUT2D eigenvalue weighted by Gasteiger charge is 2.35. The van der Waals surface area contributed by atoms with E-state index in [1.54, 1.807) is 0 Å². The first-order chi connectivity index (χ1) is 12.4. The summed E-state index contributed by atoms with van der Waals surface area (Å²) in [5.41, 5.74) is -0.375. The number of likely N-dealkylation sites (tertiary alicyclic amines) is 1. The van der Waals surface area contributed by atoms with Crippen LogP contribution < -0.4 is 10.9 Å². The molecule has 1 saturated heterocycles. The Morgan fingerprint density at radius 3 is 2.77 bits per heavy atom. The fraction of sp³-hybridized carbons (Fsp3) is 0.588. The van der Waals surface area contributed by atoms with E-state index in [9.17, 15) is 24.3 Å². The molecule has 0 spiro atoms. The van der Waals surface area contributed by atoms with Crippen LogP contribution in [0.1, 0.15) is 55.9 Å². The lowest BCUT2D eigenvalue weighted by Gasteiger charge is -2.35. The molecular formula is C17H24N4O5. The molecule has 1 aliphatic rings. The highest BCUT2D eigenvalue weighted by atomic mass is 16.4. The number of piperidine rings is 1. The number of hydrogen-bond donors (Lipinski definition) is 3. The van der Waals surface area contributed by atoms with Crippen LogP contribution in [-0.2, 0) is 9.59 Å². The summed E-state index contributed by atoms with van der Waals surface area (Å²) in [6.07, 6.45) is 3.84. The van der Waals surface area contributed by atoms with Crippen molar-refractivity contribution < 1.29 is 19.5 Å². The van der Waals surface area contributed by atoms with E-state index in [-0.39, 0.29) is 5.69 Å². The van der Waals surface area contributed by atoms with Crippen molar-refractivity contribution in [3.05, 3.63) is 28.2 Å². The number of carboxylic acid groups (broad SMARTS) is 1. The Hall–Kier alpha value is -2.71. The van der Waals surface area contributed by atoms with E-state index in [2.05, 4.69) is 15.5 Å². The molecule has 0 aliphatic carbocycles. The number of rotatable bonds is 7. The molecule has 9 heteroatoms. The fourth-order valence-corrected chi connectivity index (χ4v) is 2.99. The van der Waals surface area contributed by atoms with Gasteiger partial charge in [-0.2, -0.15) is 5.10 Å². The largest absolute Gasteiger partial charge is 0.480 e. The van der Waals surface area contributed by atoms with Gasteiger partial charge in [0, 0.05) is 12.6 Å². The van der Waals surface area contributed by atoms with Gasteiger partial charge in [0.25, 0.3) is 11.5 Å². The molecule has 1 aromatic rings. The Bertz CT molecular complexity index is 697. The van der Waals surface area contributed by atoms with Crippen LogP contribution in [0.25, 0.3) is 0 Å². The second-order valence-corrected chi connectivity index (χ2v) is 6.36. The Morgan fingerprint density at radius 2 is 2.15 bits per heavy atom. The maximum atomic E-state index is 12.7. The van der Waals surface area contributed by atoms with Crippen molar-refractivity contribution in [3.63, 3.8) is 0 Å². The third-order valence-corrected chi connectivity index (χ3v) is 4.43. The molecule has 1 aliphatic heterocycles. The lowest BCUT2D eigenvalue weighted by atomic mass is 10.00. The average molecular weight is 364 g/mol. The number of carbonyl (C=O) groups is 3. The first kappa shape index (κ1) is 19.6. The third kappa shape index (κ3) is 4.90. The Morgan fingerprint density at radius 1 is 1.38 bits per heavy atom. The number of carboxylic acids is 1. The summed E-state index contributed by atoms with van der Waals surface area (Å²) in [4.78, 5) is 49.1. The van der Waals surface area contributed by atoms with Gasteiger partial charge in [-0.25, -0.2) is 9.89 Å². The number of nitrogens with zero attached hydrogens (tertiary/aromatic N) is 2. The van der Waals surface area contributed by atoms with Gasteiger partial charge in [-0.3, -0.25) is 14.4 Å². The van der Waals surface area contributed by atoms with Gasteiger partial charge >= 0.3 is 5.97 Å². The highest BCUT2D eigenvalue weighted by Crippen LogP contribution is 2.19. The van der Waals surface area contributed by atoms with Gasteiger partial charge in [0.1, 0.15) is 17.8 Å². The second-order valence-electron chi connectivity index (χ2n) is 6.36. The van der Waals surface area contributed by atoms with Gasteiger partial charge in [0.15, 0.2) is 0 Å². The maximum Gasteiger partial charge on any atom is 0.326 e. The smallest absolute Gasteiger partial charge is 0.326 e. The molecule has 2 amide bonds. The zero-order valence-corrected chi connectivity index (χ0v) is 14.7. The molecule has 2 rings (SSSR count). The van der Waals surface area contributed by atoms with E-state index >= 15 is 0 Å². The minimum Gasteiger partial charge on any atom is -0.480 e. The quantitative estimate of drug-likeness (QED) is 0.646. The SMILES string of the molecule is CCCCC(NC(=O)C1CCCCN1C(=O)c1ccc(=O)[nH]n1)C(=O)O. The predicted octanol–water partition coefficient (Wildman–Crippen LogP) is 0.524. The molecule has 0 saturated carbocycles. The predicted molar refractivity (Wildman–Crippen MR) is 92.6 cm³/mol. The second kappa shape index (κ2) is 9.12. The summed E-state index contributed by atoms with van der Waals surface area (Å²) < 4.78 is 0. The number of nitrogens with one attached hydrogen (secondary N) is 2. The molecule has 2 atom stereocenters. The molecule has 2 heterocycles. The Balaban J connectivity index is 2.12. The van der Waals surface area contributed by atoms with Crippen molar-refractivity contribution in [2.24, 2.45) is 0 Å². The van der Waals surface area contributed by atoms with E-state index in [0.29, 0.717) is 25.8 Å². The number of hydrogen-bond acceptors (Lipinski definition) is 5. The number of carbonyl (C=O) groups excluding carboxylic acids is 2. The molecule has 2 unspecified atom stereocenters. The lowest BCUT2D eigenvalue weighted by molar-refractivity contribution is -0.143. The topological polar surface area (TPSA) is 132 Å². The van der Waals surface area contributed by atoms with Gasteiger partial charge in [-0.05, 0) is 31.7 Å². The lowest BCUT2D eigenvalue weighted by Crippen LogP contribution is -2.55. The summed E-state index contributed by atoms with van der Waals surface area (Å²) in [5, 5.41) is 17.8. The normalized spacial score (nSPS) is 18.2. The summed E-state index contributed by atoms with van der Waals surface area (Å²) in [6.45, 7) is 2.32. The Kier molecular flexibility index (Phi) is 6.88. The maximum absolute atomic E-state index is 12.7. The van der Waals surface area contributed by atoms with Crippen LogP contribution in [0.2, 0.25) is 0 Å². The first-order valence-corrected chi connectivity index (χ1v) is 8.84. The summed E-state index contributed by atoms with van der Waals surface area (Å²) in [6, 6.07) is 0.803. The molecular weight excluding hydrogens is 340 g/mol. The minimum absolute atomic E-state index is 0.0464. The van der Waals surface area contributed by atoms with E-state index < -0.39 is 35.4 Å². The number of aromatic amines is 1. The molecule has 0 bridgehead atoms. The van der Waals surface area contributed by atoms with Crippen molar-refractivity contribution in [2.45, 2.75) is 57.5 Å².